The van der Waals surface area contributed by atoms with E-state index in [1.807, 2.05) is 41.2 Å². The summed E-state index contributed by atoms with van der Waals surface area (Å²) >= 11 is 4.89. The van der Waals surface area contributed by atoms with Gasteiger partial charge in [-0.3, -0.25) is 4.68 Å². The second-order valence-electron chi connectivity index (χ2n) is 3.64. The first kappa shape index (κ1) is 11.6. The fourth-order valence-corrected chi connectivity index (χ4v) is 1.64. The summed E-state index contributed by atoms with van der Waals surface area (Å²) in [6, 6.07) is 9.68. The second-order valence-corrected chi connectivity index (χ2v) is 4.08. The molecule has 0 aliphatic heterocycles. The molecule has 2 aromatic rings. The third kappa shape index (κ3) is 3.29. The number of thiocarbonyl (C=S) groups is 1. The van der Waals surface area contributed by atoms with Gasteiger partial charge in [0.1, 0.15) is 4.99 Å². The lowest BCUT2D eigenvalue weighted by molar-refractivity contribution is 0.638. The first-order chi connectivity index (χ1) is 8.25. The van der Waals surface area contributed by atoms with Gasteiger partial charge in [0.2, 0.25) is 0 Å². The molecule has 0 radical (unpaired) electrons. The highest BCUT2D eigenvalue weighted by Crippen LogP contribution is 2.09. The van der Waals surface area contributed by atoms with Crippen LogP contribution in [0.4, 0.5) is 5.69 Å². The third-order valence-corrected chi connectivity index (χ3v) is 2.63. The Balaban J connectivity index is 1.85. The lowest BCUT2D eigenvalue weighted by Gasteiger charge is -2.07. The summed E-state index contributed by atoms with van der Waals surface area (Å²) in [5, 5.41) is 7.43. The van der Waals surface area contributed by atoms with Crippen LogP contribution in [-0.2, 0) is 6.54 Å². The predicted octanol–water partition coefficient (Wildman–Crippen LogP) is 1.63. The Labute approximate surface area is 105 Å². The van der Waals surface area contributed by atoms with E-state index in [9.17, 15) is 0 Å². The van der Waals surface area contributed by atoms with Gasteiger partial charge in [0.15, 0.2) is 0 Å². The van der Waals surface area contributed by atoms with Gasteiger partial charge in [0.05, 0.1) is 6.54 Å². The van der Waals surface area contributed by atoms with E-state index in [4.69, 9.17) is 18.0 Å². The Morgan fingerprint density at radius 2 is 2.12 bits per heavy atom. The number of nitrogens with one attached hydrogen (secondary N) is 1. The molecule has 0 unspecified atom stereocenters. The summed E-state index contributed by atoms with van der Waals surface area (Å²) in [6.45, 7) is 1.66. The minimum Gasteiger partial charge on any atom is -0.389 e. The minimum atomic E-state index is 0.424. The number of rotatable bonds is 5. The summed E-state index contributed by atoms with van der Waals surface area (Å²) < 4.78 is 1.89. The van der Waals surface area contributed by atoms with Crippen molar-refractivity contribution < 1.29 is 0 Å². The van der Waals surface area contributed by atoms with Crippen molar-refractivity contribution >= 4 is 22.9 Å². The third-order valence-electron chi connectivity index (χ3n) is 2.40. The molecular formula is C12H14N4S. The summed E-state index contributed by atoms with van der Waals surface area (Å²) in [6.07, 6.45) is 3.72. The number of nitrogens with two attached hydrogens (primary N) is 1. The van der Waals surface area contributed by atoms with E-state index in [1.165, 1.54) is 0 Å². The Morgan fingerprint density at radius 1 is 1.35 bits per heavy atom. The van der Waals surface area contributed by atoms with E-state index in [0.29, 0.717) is 4.99 Å². The monoisotopic (exact) mass is 246 g/mol. The van der Waals surface area contributed by atoms with Crippen molar-refractivity contribution in [3.63, 3.8) is 0 Å². The Morgan fingerprint density at radius 3 is 2.71 bits per heavy atom. The Bertz CT molecular complexity index is 476. The number of anilines is 1. The van der Waals surface area contributed by atoms with Gasteiger partial charge in [-0.25, -0.2) is 0 Å². The molecule has 0 bridgehead atoms. The van der Waals surface area contributed by atoms with Crippen LogP contribution >= 0.6 is 12.2 Å². The highest BCUT2D eigenvalue weighted by Gasteiger charge is 1.96. The Kier molecular flexibility index (Phi) is 3.72. The number of benzene rings is 1. The van der Waals surface area contributed by atoms with Crippen molar-refractivity contribution in [3.8, 4) is 0 Å². The predicted molar refractivity (Wildman–Crippen MR) is 73.0 cm³/mol. The molecule has 0 fully saturated rings. The van der Waals surface area contributed by atoms with Crippen molar-refractivity contribution in [2.75, 3.05) is 11.9 Å². The largest absolute Gasteiger partial charge is 0.389 e. The maximum absolute atomic E-state index is 5.53. The summed E-state index contributed by atoms with van der Waals surface area (Å²) in [4.78, 5) is 0.424. The molecule has 0 saturated heterocycles. The smallest absolute Gasteiger partial charge is 0.103 e. The van der Waals surface area contributed by atoms with Gasteiger partial charge in [-0.15, -0.1) is 0 Å². The Hall–Kier alpha value is -1.88. The van der Waals surface area contributed by atoms with Gasteiger partial charge in [-0.05, 0) is 30.3 Å². The van der Waals surface area contributed by atoms with Crippen molar-refractivity contribution in [1.82, 2.24) is 9.78 Å². The van der Waals surface area contributed by atoms with Crippen molar-refractivity contribution in [1.29, 1.82) is 0 Å². The van der Waals surface area contributed by atoms with Crippen LogP contribution < -0.4 is 11.1 Å². The molecule has 1 aromatic heterocycles. The van der Waals surface area contributed by atoms with E-state index in [-0.39, 0.29) is 0 Å². The molecule has 0 aliphatic carbocycles. The van der Waals surface area contributed by atoms with Gasteiger partial charge in [0, 0.05) is 30.2 Å². The van der Waals surface area contributed by atoms with Gasteiger partial charge in [-0.1, -0.05) is 12.2 Å². The molecule has 3 N–H and O–H groups in total. The van der Waals surface area contributed by atoms with Gasteiger partial charge >= 0.3 is 0 Å². The number of aromatic nitrogens is 2. The van der Waals surface area contributed by atoms with Crippen LogP contribution in [0.25, 0.3) is 0 Å². The number of hydrogen-bond acceptors (Lipinski definition) is 3. The average Bonchev–Trinajstić information content (AvgIpc) is 2.83. The molecule has 0 atom stereocenters. The molecule has 1 aromatic carbocycles. The molecule has 0 aliphatic rings. The summed E-state index contributed by atoms with van der Waals surface area (Å²) in [5.41, 5.74) is 7.47. The standard InChI is InChI=1S/C12H14N4S/c13-12(17)10-2-4-11(5-3-10)14-7-9-16-8-1-6-15-16/h1-6,8,14H,7,9H2,(H2,13,17). The lowest BCUT2D eigenvalue weighted by Crippen LogP contribution is -2.11. The zero-order valence-electron chi connectivity index (χ0n) is 9.34. The number of hydrogen-bond donors (Lipinski definition) is 2. The second kappa shape index (κ2) is 5.45. The molecule has 4 nitrogen and oxygen atoms in total. The first-order valence-corrected chi connectivity index (χ1v) is 5.78. The maximum Gasteiger partial charge on any atom is 0.103 e. The maximum atomic E-state index is 5.53. The van der Waals surface area contributed by atoms with E-state index >= 15 is 0 Å². The molecule has 5 heteroatoms. The summed E-state index contributed by atoms with van der Waals surface area (Å²) in [5.74, 6) is 0. The zero-order valence-corrected chi connectivity index (χ0v) is 10.2. The highest BCUT2D eigenvalue weighted by atomic mass is 32.1. The van der Waals surface area contributed by atoms with E-state index in [1.54, 1.807) is 6.20 Å². The quantitative estimate of drug-likeness (QED) is 0.787. The van der Waals surface area contributed by atoms with Crippen LogP contribution in [0.2, 0.25) is 0 Å². The molecule has 0 spiro atoms. The van der Waals surface area contributed by atoms with Crippen molar-refractivity contribution in [3.05, 3.63) is 48.3 Å². The van der Waals surface area contributed by atoms with Gasteiger partial charge in [-0.2, -0.15) is 5.10 Å². The van der Waals surface area contributed by atoms with E-state index < -0.39 is 0 Å². The summed E-state index contributed by atoms with van der Waals surface area (Å²) in [7, 11) is 0. The normalized spacial score (nSPS) is 10.1. The molecule has 17 heavy (non-hydrogen) atoms. The average molecular weight is 246 g/mol. The van der Waals surface area contributed by atoms with Crippen LogP contribution in [0.15, 0.2) is 42.7 Å². The topological polar surface area (TPSA) is 55.9 Å². The van der Waals surface area contributed by atoms with Crippen LogP contribution in [0.1, 0.15) is 5.56 Å². The number of nitrogens with zero attached hydrogens (tertiary/aromatic N) is 2. The van der Waals surface area contributed by atoms with Crippen LogP contribution in [0.5, 0.6) is 0 Å². The van der Waals surface area contributed by atoms with Gasteiger partial charge < -0.3 is 11.1 Å². The zero-order chi connectivity index (χ0) is 12.1. The highest BCUT2D eigenvalue weighted by molar-refractivity contribution is 7.80. The molecule has 88 valence electrons. The van der Waals surface area contributed by atoms with Gasteiger partial charge in [0.25, 0.3) is 0 Å². The van der Waals surface area contributed by atoms with E-state index in [0.717, 1.165) is 24.3 Å². The minimum absolute atomic E-state index is 0.424. The molecule has 2 rings (SSSR count). The lowest BCUT2D eigenvalue weighted by atomic mass is 10.2. The molecule has 1 heterocycles. The van der Waals surface area contributed by atoms with Crippen LogP contribution in [0.3, 0.4) is 0 Å². The molecule has 0 amide bonds. The van der Waals surface area contributed by atoms with Crippen molar-refractivity contribution in [2.24, 2.45) is 5.73 Å². The van der Waals surface area contributed by atoms with Crippen LogP contribution in [-0.4, -0.2) is 21.3 Å². The van der Waals surface area contributed by atoms with Crippen LogP contribution in [0, 0.1) is 0 Å². The van der Waals surface area contributed by atoms with E-state index in [2.05, 4.69) is 10.4 Å². The molecule has 0 saturated carbocycles. The fourth-order valence-electron chi connectivity index (χ4n) is 1.50. The van der Waals surface area contributed by atoms with Crippen molar-refractivity contribution in [2.45, 2.75) is 6.54 Å². The SMILES string of the molecule is NC(=S)c1ccc(NCCn2cccn2)cc1. The first-order valence-electron chi connectivity index (χ1n) is 5.37. The molecular weight excluding hydrogens is 232 g/mol. The fraction of sp³-hybridized carbons (Fsp3) is 0.167.